The molecule has 2 aromatic rings. The molecule has 2 aromatic heterocycles. The summed E-state index contributed by atoms with van der Waals surface area (Å²) in [5.74, 6) is 0.931. The van der Waals surface area contributed by atoms with Crippen LogP contribution in [0.25, 0.3) is 11.4 Å². The van der Waals surface area contributed by atoms with E-state index in [1.807, 2.05) is 12.1 Å². The number of nitrogens with zero attached hydrogens (tertiary/aromatic N) is 6. The zero-order chi connectivity index (χ0) is 18.0. The Morgan fingerprint density at radius 2 is 2.08 bits per heavy atom. The van der Waals surface area contributed by atoms with Gasteiger partial charge in [-0.25, -0.2) is 0 Å². The summed E-state index contributed by atoms with van der Waals surface area (Å²) in [6, 6.07) is 6.35. The van der Waals surface area contributed by atoms with Crippen LogP contribution in [0.3, 0.4) is 0 Å². The summed E-state index contributed by atoms with van der Waals surface area (Å²) in [5, 5.41) is 18.5. The Morgan fingerprint density at radius 1 is 1.40 bits per heavy atom. The average molecular weight is 356 g/mol. The van der Waals surface area contributed by atoms with Gasteiger partial charge in [0, 0.05) is 31.0 Å². The molecule has 7 nitrogen and oxygen atoms in total. The molecule has 1 saturated carbocycles. The molecule has 0 atom stereocenters. The minimum Gasteiger partial charge on any atom is -0.327 e. The van der Waals surface area contributed by atoms with E-state index in [-0.39, 0.29) is 11.7 Å². The van der Waals surface area contributed by atoms with Crippen molar-refractivity contribution in [3.05, 3.63) is 24.5 Å². The van der Waals surface area contributed by atoms with Crippen LogP contribution in [-0.2, 0) is 4.79 Å². The van der Waals surface area contributed by atoms with Crippen LogP contribution >= 0.6 is 11.8 Å². The first-order chi connectivity index (χ1) is 11.9. The van der Waals surface area contributed by atoms with Crippen molar-refractivity contribution in [1.29, 1.82) is 5.26 Å². The maximum absolute atomic E-state index is 12.4. The highest BCUT2D eigenvalue weighted by atomic mass is 32.2. The monoisotopic (exact) mass is 356 g/mol. The van der Waals surface area contributed by atoms with Crippen molar-refractivity contribution >= 4 is 17.7 Å². The third-order valence-corrected chi connectivity index (χ3v) is 5.25. The molecule has 3 rings (SSSR count). The maximum Gasteiger partial charge on any atom is 0.234 e. The van der Waals surface area contributed by atoms with Crippen molar-refractivity contribution in [3.8, 4) is 17.5 Å². The molecule has 1 fully saturated rings. The Bertz CT molecular complexity index is 806. The summed E-state index contributed by atoms with van der Waals surface area (Å²) in [7, 11) is 1.65. The van der Waals surface area contributed by atoms with Gasteiger partial charge >= 0.3 is 0 Å². The van der Waals surface area contributed by atoms with Gasteiger partial charge in [0.2, 0.25) is 5.91 Å². The summed E-state index contributed by atoms with van der Waals surface area (Å²) in [4.78, 5) is 17.9. The quantitative estimate of drug-likeness (QED) is 0.739. The molecule has 8 heteroatoms. The molecule has 130 valence electrons. The molecular formula is C17H20N6OS. The average Bonchev–Trinajstić information content (AvgIpc) is 3.38. The maximum atomic E-state index is 12.4. The lowest BCUT2D eigenvalue weighted by Crippen LogP contribution is -2.44. The number of pyridine rings is 1. The lowest BCUT2D eigenvalue weighted by molar-refractivity contribution is -0.130. The van der Waals surface area contributed by atoms with Gasteiger partial charge in [-0.1, -0.05) is 11.8 Å². The Balaban J connectivity index is 1.77. The largest absolute Gasteiger partial charge is 0.327 e. The van der Waals surface area contributed by atoms with Crippen molar-refractivity contribution < 1.29 is 4.79 Å². The zero-order valence-corrected chi connectivity index (χ0v) is 15.3. The molecule has 1 aliphatic rings. The minimum atomic E-state index is -0.829. The fourth-order valence-corrected chi connectivity index (χ4v) is 3.26. The molecule has 25 heavy (non-hydrogen) atoms. The number of carbonyl (C=O) groups is 1. The van der Waals surface area contributed by atoms with E-state index >= 15 is 0 Å². The Morgan fingerprint density at radius 3 is 2.68 bits per heavy atom. The van der Waals surface area contributed by atoms with Crippen LogP contribution in [0, 0.1) is 11.3 Å². The fourth-order valence-electron chi connectivity index (χ4n) is 2.35. The molecule has 1 aliphatic carbocycles. The highest BCUT2D eigenvalue weighted by Gasteiger charge is 2.31. The second kappa shape index (κ2) is 6.84. The number of rotatable bonds is 6. The van der Waals surface area contributed by atoms with Crippen molar-refractivity contribution in [2.45, 2.75) is 43.4 Å². The minimum absolute atomic E-state index is 0.104. The molecule has 0 N–H and O–H groups in total. The molecule has 0 radical (unpaired) electrons. The molecule has 1 amide bonds. The van der Waals surface area contributed by atoms with Gasteiger partial charge in [0.25, 0.3) is 0 Å². The van der Waals surface area contributed by atoms with E-state index in [2.05, 4.69) is 25.8 Å². The lowest BCUT2D eigenvalue weighted by atomic mass is 10.1. The highest BCUT2D eigenvalue weighted by molar-refractivity contribution is 7.99. The second-order valence-corrected chi connectivity index (χ2v) is 7.50. The Labute approximate surface area is 151 Å². The van der Waals surface area contributed by atoms with Gasteiger partial charge in [-0.2, -0.15) is 5.26 Å². The van der Waals surface area contributed by atoms with Gasteiger partial charge in [-0.15, -0.1) is 10.2 Å². The van der Waals surface area contributed by atoms with Crippen LogP contribution in [0.2, 0.25) is 0 Å². The van der Waals surface area contributed by atoms with Gasteiger partial charge in [-0.3, -0.25) is 14.3 Å². The van der Waals surface area contributed by atoms with Gasteiger partial charge in [0.15, 0.2) is 11.0 Å². The number of nitriles is 1. The molecule has 0 aliphatic heterocycles. The van der Waals surface area contributed by atoms with Crippen LogP contribution in [-0.4, -0.2) is 48.9 Å². The third kappa shape index (κ3) is 3.66. The van der Waals surface area contributed by atoms with E-state index in [1.165, 1.54) is 16.7 Å². The predicted octanol–water partition coefficient (Wildman–Crippen LogP) is 2.53. The molecule has 0 bridgehead atoms. The number of thioether (sulfide) groups is 1. The van der Waals surface area contributed by atoms with Gasteiger partial charge in [-0.05, 0) is 38.8 Å². The SMILES string of the molecule is CN(C(=O)CSc1nnc(-c2ccncc2)n1C1CC1)C(C)(C)C#N. The van der Waals surface area contributed by atoms with Crippen molar-refractivity contribution in [3.63, 3.8) is 0 Å². The van der Waals surface area contributed by atoms with Gasteiger partial charge in [0.1, 0.15) is 5.54 Å². The van der Waals surface area contributed by atoms with E-state index in [0.29, 0.717) is 6.04 Å². The van der Waals surface area contributed by atoms with E-state index in [0.717, 1.165) is 29.4 Å². The van der Waals surface area contributed by atoms with Crippen molar-refractivity contribution in [1.82, 2.24) is 24.6 Å². The topological polar surface area (TPSA) is 87.7 Å². The van der Waals surface area contributed by atoms with E-state index < -0.39 is 5.54 Å². The van der Waals surface area contributed by atoms with E-state index in [1.54, 1.807) is 33.3 Å². The fraction of sp³-hybridized carbons (Fsp3) is 0.471. The van der Waals surface area contributed by atoms with Crippen molar-refractivity contribution in [2.75, 3.05) is 12.8 Å². The van der Waals surface area contributed by atoms with E-state index in [4.69, 9.17) is 0 Å². The normalized spacial score (nSPS) is 14.2. The number of hydrogen-bond acceptors (Lipinski definition) is 6. The predicted molar refractivity (Wildman–Crippen MR) is 94.7 cm³/mol. The smallest absolute Gasteiger partial charge is 0.234 e. The number of hydrogen-bond donors (Lipinski definition) is 0. The van der Waals surface area contributed by atoms with Crippen LogP contribution < -0.4 is 0 Å². The van der Waals surface area contributed by atoms with Crippen molar-refractivity contribution in [2.24, 2.45) is 0 Å². The molecule has 0 aromatic carbocycles. The van der Waals surface area contributed by atoms with Gasteiger partial charge in [0.05, 0.1) is 11.8 Å². The van der Waals surface area contributed by atoms with Crippen LogP contribution in [0.4, 0.5) is 0 Å². The standard InChI is InChI=1S/C17H20N6OS/c1-17(2,11-18)22(3)14(24)10-25-16-21-20-15(23(16)13-4-5-13)12-6-8-19-9-7-12/h6-9,13H,4-5,10H2,1-3H3. The third-order valence-electron chi connectivity index (χ3n) is 4.33. The first-order valence-electron chi connectivity index (χ1n) is 8.10. The molecule has 0 saturated heterocycles. The molecule has 0 spiro atoms. The zero-order valence-electron chi connectivity index (χ0n) is 14.5. The summed E-state index contributed by atoms with van der Waals surface area (Å²) in [6.45, 7) is 3.45. The Hall–Kier alpha value is -2.40. The summed E-state index contributed by atoms with van der Waals surface area (Å²) in [5.41, 5.74) is 0.139. The number of carbonyl (C=O) groups excluding carboxylic acids is 1. The lowest BCUT2D eigenvalue weighted by Gasteiger charge is -2.28. The molecular weight excluding hydrogens is 336 g/mol. The van der Waals surface area contributed by atoms with E-state index in [9.17, 15) is 10.1 Å². The molecule has 2 heterocycles. The number of aromatic nitrogens is 4. The summed E-state index contributed by atoms with van der Waals surface area (Å²) < 4.78 is 2.11. The van der Waals surface area contributed by atoms with Crippen LogP contribution in [0.15, 0.2) is 29.7 Å². The first-order valence-corrected chi connectivity index (χ1v) is 9.08. The molecule has 0 unspecified atom stereocenters. The second-order valence-electron chi connectivity index (χ2n) is 6.56. The van der Waals surface area contributed by atoms with Gasteiger partial charge < -0.3 is 4.90 Å². The highest BCUT2D eigenvalue weighted by Crippen LogP contribution is 2.41. The number of amides is 1. The van der Waals surface area contributed by atoms with Crippen LogP contribution in [0.1, 0.15) is 32.7 Å². The first kappa shape index (κ1) is 17.4. The summed E-state index contributed by atoms with van der Waals surface area (Å²) in [6.07, 6.45) is 5.66. The Kier molecular flexibility index (Phi) is 4.77. The van der Waals surface area contributed by atoms with Crippen LogP contribution in [0.5, 0.6) is 0 Å². The summed E-state index contributed by atoms with van der Waals surface area (Å²) >= 11 is 1.37.